The quantitative estimate of drug-likeness (QED) is 0.0320. The number of hydrogen-bond acceptors (Lipinski definition) is 5. The SMILES string of the molecule is CCCCC/C=C\C/C=C\CCCCCCCCCCCC(=O)OCCCCCCCCCCCCCCCCCCCCCCCCCCCCCCCCCCC(=O)NC(CO)C(O)CCCCCCCCCCCCCCCCC. The number of ether oxygens (including phenoxy) is 1. The van der Waals surface area contributed by atoms with Gasteiger partial charge in [-0.1, -0.05) is 385 Å². The van der Waals surface area contributed by atoms with E-state index in [4.69, 9.17) is 4.74 Å². The summed E-state index contributed by atoms with van der Waals surface area (Å²) in [5.74, 6) is -0.00873. The fourth-order valence-electron chi connectivity index (χ4n) is 12.2. The largest absolute Gasteiger partial charge is 0.466 e. The van der Waals surface area contributed by atoms with Crippen LogP contribution in [0.3, 0.4) is 0 Å². The van der Waals surface area contributed by atoms with Gasteiger partial charge in [0, 0.05) is 12.8 Å². The third kappa shape index (κ3) is 69.3. The minimum Gasteiger partial charge on any atom is -0.466 e. The van der Waals surface area contributed by atoms with E-state index >= 15 is 0 Å². The van der Waals surface area contributed by atoms with E-state index < -0.39 is 12.1 Å². The molecule has 492 valence electrons. The molecule has 0 saturated heterocycles. The van der Waals surface area contributed by atoms with Crippen molar-refractivity contribution in [3.8, 4) is 0 Å². The second-order valence-electron chi connectivity index (χ2n) is 26.3. The van der Waals surface area contributed by atoms with E-state index in [1.165, 1.54) is 347 Å². The summed E-state index contributed by atoms with van der Waals surface area (Å²) in [6, 6.07) is -0.537. The molecule has 0 aliphatic rings. The molecule has 6 heteroatoms. The van der Waals surface area contributed by atoms with Crippen LogP contribution in [0.4, 0.5) is 0 Å². The van der Waals surface area contributed by atoms with Gasteiger partial charge in [0.15, 0.2) is 0 Å². The number of esters is 1. The summed E-state index contributed by atoms with van der Waals surface area (Å²) in [6.45, 7) is 4.97. The van der Waals surface area contributed by atoms with Crippen molar-refractivity contribution < 1.29 is 24.5 Å². The first-order valence-electron chi connectivity index (χ1n) is 38.1. The van der Waals surface area contributed by atoms with Crippen LogP contribution in [0.25, 0.3) is 0 Å². The van der Waals surface area contributed by atoms with Crippen molar-refractivity contribution in [2.75, 3.05) is 13.2 Å². The predicted molar refractivity (Wildman–Crippen MR) is 366 cm³/mol. The summed E-state index contributed by atoms with van der Waals surface area (Å²) in [5.41, 5.74) is 0. The third-order valence-electron chi connectivity index (χ3n) is 18.0. The first kappa shape index (κ1) is 81.3. The molecule has 0 bridgehead atoms. The van der Waals surface area contributed by atoms with Crippen LogP contribution in [-0.2, 0) is 14.3 Å². The monoisotopic (exact) mass is 1170 g/mol. The van der Waals surface area contributed by atoms with Crippen molar-refractivity contribution in [3.63, 3.8) is 0 Å². The van der Waals surface area contributed by atoms with Gasteiger partial charge >= 0.3 is 5.97 Å². The zero-order valence-electron chi connectivity index (χ0n) is 56.5. The van der Waals surface area contributed by atoms with Gasteiger partial charge in [0.25, 0.3) is 0 Å². The molecule has 0 fully saturated rings. The molecule has 2 unspecified atom stereocenters. The Morgan fingerprint density at radius 2 is 0.602 bits per heavy atom. The minimum absolute atomic E-state index is 0.0183. The van der Waals surface area contributed by atoms with Crippen LogP contribution < -0.4 is 5.32 Å². The van der Waals surface area contributed by atoms with Gasteiger partial charge in [-0.3, -0.25) is 9.59 Å². The van der Waals surface area contributed by atoms with Gasteiger partial charge in [0.2, 0.25) is 5.91 Å². The number of unbranched alkanes of at least 4 members (excludes halogenated alkanes) is 57. The van der Waals surface area contributed by atoms with Crippen molar-refractivity contribution >= 4 is 11.9 Å². The molecule has 0 heterocycles. The summed E-state index contributed by atoms with van der Waals surface area (Å²) in [5, 5.41) is 23.4. The molecular weight excluding hydrogens is 1020 g/mol. The summed E-state index contributed by atoms with van der Waals surface area (Å²) in [4.78, 5) is 24.6. The molecule has 0 aromatic heterocycles. The van der Waals surface area contributed by atoms with Crippen LogP contribution in [0.2, 0.25) is 0 Å². The van der Waals surface area contributed by atoms with Gasteiger partial charge in [-0.15, -0.1) is 0 Å². The highest BCUT2D eigenvalue weighted by Crippen LogP contribution is 2.20. The lowest BCUT2D eigenvalue weighted by Crippen LogP contribution is -2.45. The minimum atomic E-state index is -0.660. The zero-order chi connectivity index (χ0) is 59.9. The Hall–Kier alpha value is -1.66. The Morgan fingerprint density at radius 3 is 0.940 bits per heavy atom. The Morgan fingerprint density at radius 1 is 0.337 bits per heavy atom. The van der Waals surface area contributed by atoms with Crippen molar-refractivity contribution in [3.05, 3.63) is 24.3 Å². The Kier molecular flexibility index (Phi) is 71.4. The first-order valence-corrected chi connectivity index (χ1v) is 38.1. The molecule has 0 aromatic rings. The molecule has 3 N–H and O–H groups in total. The molecule has 83 heavy (non-hydrogen) atoms. The standard InChI is InChI=1S/C77H149NO5/c1-3-5-7-9-11-13-15-17-19-20-35-39-43-47-51-55-59-63-67-71-77(82)83-72-68-64-60-56-52-48-44-40-37-34-32-30-28-26-24-22-21-23-25-27-29-31-33-36-38-42-46-50-54-58-62-66-70-76(81)78-74(73-79)75(80)69-65-61-57-53-49-45-41-18-16-14-12-10-8-6-4-2/h11,13,17,19,74-75,79-80H,3-10,12,14-16,18,20-73H2,1-2H3,(H,78,81)/b13-11-,19-17-. The zero-order valence-corrected chi connectivity index (χ0v) is 56.5. The maximum atomic E-state index is 12.5. The molecule has 1 amide bonds. The first-order chi connectivity index (χ1) is 41.0. The Bertz CT molecular complexity index is 1300. The summed E-state index contributed by atoms with van der Waals surface area (Å²) >= 11 is 0. The van der Waals surface area contributed by atoms with E-state index in [2.05, 4.69) is 43.5 Å². The van der Waals surface area contributed by atoms with Gasteiger partial charge in [-0.05, 0) is 57.8 Å². The maximum absolute atomic E-state index is 12.5. The van der Waals surface area contributed by atoms with Crippen LogP contribution in [0, 0.1) is 0 Å². The van der Waals surface area contributed by atoms with Crippen LogP contribution >= 0.6 is 0 Å². The molecule has 0 aliphatic carbocycles. The van der Waals surface area contributed by atoms with Gasteiger partial charge in [0.05, 0.1) is 25.4 Å². The fraction of sp³-hybridized carbons (Fsp3) is 0.922. The Balaban J connectivity index is 3.30. The maximum Gasteiger partial charge on any atom is 0.305 e. The second-order valence-corrected chi connectivity index (χ2v) is 26.3. The lowest BCUT2D eigenvalue weighted by atomic mass is 10.0. The van der Waals surface area contributed by atoms with Crippen LogP contribution in [0.15, 0.2) is 24.3 Å². The molecule has 0 spiro atoms. The third-order valence-corrected chi connectivity index (χ3v) is 18.0. The number of hydrogen-bond donors (Lipinski definition) is 3. The molecule has 0 aliphatic heterocycles. The summed E-state index contributed by atoms with van der Waals surface area (Å²) in [6.07, 6.45) is 92.6. The summed E-state index contributed by atoms with van der Waals surface area (Å²) in [7, 11) is 0. The topological polar surface area (TPSA) is 95.9 Å². The van der Waals surface area contributed by atoms with Gasteiger partial charge in [0.1, 0.15) is 0 Å². The highest BCUT2D eigenvalue weighted by atomic mass is 16.5. The van der Waals surface area contributed by atoms with Crippen molar-refractivity contribution in [1.82, 2.24) is 5.32 Å². The lowest BCUT2D eigenvalue weighted by molar-refractivity contribution is -0.143. The predicted octanol–water partition coefficient (Wildman–Crippen LogP) is 24.9. The van der Waals surface area contributed by atoms with Crippen LogP contribution in [-0.4, -0.2) is 47.4 Å². The highest BCUT2D eigenvalue weighted by molar-refractivity contribution is 5.76. The number of allylic oxidation sites excluding steroid dienone is 4. The van der Waals surface area contributed by atoms with E-state index in [1.54, 1.807) is 0 Å². The average molecular weight is 1170 g/mol. The molecule has 2 atom stereocenters. The molecule has 0 saturated carbocycles. The molecule has 0 rings (SSSR count). The van der Waals surface area contributed by atoms with Crippen LogP contribution in [0.5, 0.6) is 0 Å². The normalized spacial score (nSPS) is 12.6. The smallest absolute Gasteiger partial charge is 0.305 e. The van der Waals surface area contributed by atoms with E-state index in [1.807, 2.05) is 0 Å². The van der Waals surface area contributed by atoms with Gasteiger partial charge < -0.3 is 20.3 Å². The number of nitrogens with one attached hydrogen (secondary N) is 1. The van der Waals surface area contributed by atoms with E-state index in [-0.39, 0.29) is 18.5 Å². The molecular formula is C77H149NO5. The number of aliphatic hydroxyl groups is 2. The number of carbonyl (C=O) groups is 2. The van der Waals surface area contributed by atoms with Crippen molar-refractivity contribution in [1.29, 1.82) is 0 Å². The second kappa shape index (κ2) is 72.8. The lowest BCUT2D eigenvalue weighted by Gasteiger charge is -2.22. The van der Waals surface area contributed by atoms with Gasteiger partial charge in [-0.25, -0.2) is 0 Å². The molecule has 6 nitrogen and oxygen atoms in total. The van der Waals surface area contributed by atoms with E-state index in [0.29, 0.717) is 25.9 Å². The number of aliphatic hydroxyl groups excluding tert-OH is 2. The van der Waals surface area contributed by atoms with Crippen LogP contribution in [0.1, 0.15) is 431 Å². The molecule has 0 radical (unpaired) electrons. The highest BCUT2D eigenvalue weighted by Gasteiger charge is 2.20. The Labute approximate surface area is 520 Å². The number of carbonyl (C=O) groups excluding carboxylic acids is 2. The van der Waals surface area contributed by atoms with E-state index in [0.717, 1.165) is 51.4 Å². The average Bonchev–Trinajstić information content (AvgIpc) is 3.48. The fourth-order valence-corrected chi connectivity index (χ4v) is 12.2. The van der Waals surface area contributed by atoms with Gasteiger partial charge in [-0.2, -0.15) is 0 Å². The molecule has 0 aromatic carbocycles. The van der Waals surface area contributed by atoms with Crippen molar-refractivity contribution in [2.45, 2.75) is 443 Å². The number of amides is 1. The summed E-state index contributed by atoms with van der Waals surface area (Å²) < 4.78 is 5.51. The van der Waals surface area contributed by atoms with E-state index in [9.17, 15) is 19.8 Å². The van der Waals surface area contributed by atoms with Crippen molar-refractivity contribution in [2.24, 2.45) is 0 Å². The number of rotatable bonds is 72.